The van der Waals surface area contributed by atoms with E-state index in [9.17, 15) is 14.3 Å². The molecule has 0 aromatic carbocycles. The van der Waals surface area contributed by atoms with Crippen molar-refractivity contribution in [2.24, 2.45) is 0 Å². The van der Waals surface area contributed by atoms with Crippen LogP contribution in [0.4, 0.5) is 0 Å². The fourth-order valence-corrected chi connectivity index (χ4v) is 1.89. The Morgan fingerprint density at radius 2 is 2.35 bits per heavy atom. The Labute approximate surface area is 98.8 Å². The molecule has 1 aromatic rings. The van der Waals surface area contributed by atoms with Crippen molar-refractivity contribution in [3.63, 3.8) is 0 Å². The van der Waals surface area contributed by atoms with Crippen LogP contribution in [0.3, 0.4) is 0 Å². The van der Waals surface area contributed by atoms with Crippen molar-refractivity contribution in [1.82, 2.24) is 20.2 Å². The van der Waals surface area contributed by atoms with E-state index in [4.69, 9.17) is 0 Å². The van der Waals surface area contributed by atoms with Gasteiger partial charge >= 0.3 is 0 Å². The summed E-state index contributed by atoms with van der Waals surface area (Å²) in [7, 11) is 0. The molecule has 0 aliphatic heterocycles. The number of tetrazole rings is 1. The van der Waals surface area contributed by atoms with Gasteiger partial charge in [-0.1, -0.05) is 0 Å². The Balaban J connectivity index is 2.42. The molecule has 0 saturated carbocycles. The highest BCUT2D eigenvalue weighted by atomic mass is 32.1. The molecule has 0 saturated heterocycles. The number of hydrogen-bond acceptors (Lipinski definition) is 6. The van der Waals surface area contributed by atoms with Crippen LogP contribution in [-0.4, -0.2) is 34.2 Å². The van der Waals surface area contributed by atoms with Crippen LogP contribution in [-0.2, 0) is 11.3 Å². The van der Waals surface area contributed by atoms with E-state index >= 15 is 0 Å². The van der Waals surface area contributed by atoms with E-state index in [0.29, 0.717) is 5.82 Å². The fourth-order valence-electron chi connectivity index (χ4n) is 1.45. The minimum atomic E-state index is -0.546. The third-order valence-corrected chi connectivity index (χ3v) is 2.81. The van der Waals surface area contributed by atoms with Crippen LogP contribution in [0.25, 0.3) is 0 Å². The number of nitrogens with zero attached hydrogens (tertiary/aromatic N) is 5. The second-order valence-corrected chi connectivity index (χ2v) is 3.92. The van der Waals surface area contributed by atoms with Crippen molar-refractivity contribution >= 4 is 16.1 Å². The van der Waals surface area contributed by atoms with Crippen LogP contribution in [0.15, 0.2) is 23.9 Å². The maximum Gasteiger partial charge on any atom is 0.270 e. The first-order valence-corrected chi connectivity index (χ1v) is 5.33. The van der Waals surface area contributed by atoms with Gasteiger partial charge < -0.3 is 0 Å². The molecule has 0 fully saturated rings. The van der Waals surface area contributed by atoms with Crippen molar-refractivity contribution in [1.29, 1.82) is 0 Å². The second kappa shape index (κ2) is 4.37. The van der Waals surface area contributed by atoms with Gasteiger partial charge in [0.1, 0.15) is 11.9 Å². The number of rotatable bonds is 2. The first kappa shape index (κ1) is 11.3. The van der Waals surface area contributed by atoms with Crippen molar-refractivity contribution in [3.05, 3.63) is 39.9 Å². The van der Waals surface area contributed by atoms with Gasteiger partial charge in [0.15, 0.2) is 0 Å². The molecule has 1 atom stereocenters. The van der Waals surface area contributed by atoms with Gasteiger partial charge in [-0.05, 0) is 23.4 Å². The molecule has 1 unspecified atom stereocenters. The van der Waals surface area contributed by atoms with E-state index in [1.54, 1.807) is 6.92 Å². The summed E-state index contributed by atoms with van der Waals surface area (Å²) in [5.41, 5.74) is -0.120. The van der Waals surface area contributed by atoms with Gasteiger partial charge in [-0.2, -0.15) is 0 Å². The van der Waals surface area contributed by atoms with E-state index in [1.807, 2.05) is 0 Å². The molecule has 1 aliphatic rings. The molecule has 1 heterocycles. The van der Waals surface area contributed by atoms with Gasteiger partial charge in [0.2, 0.25) is 0 Å². The summed E-state index contributed by atoms with van der Waals surface area (Å²) in [6, 6.07) is -0.476. The van der Waals surface area contributed by atoms with E-state index < -0.39 is 11.0 Å². The van der Waals surface area contributed by atoms with E-state index in [2.05, 4.69) is 15.5 Å². The molecule has 88 valence electrons. The highest BCUT2D eigenvalue weighted by Gasteiger charge is 2.24. The number of aromatic nitrogens is 4. The SMILES string of the molecule is Cc1nnnn1C1C=CC([N+](=O)[O-])=CC1=S=O. The fraction of sp³-hybridized carbons (Fsp3) is 0.250. The molecule has 9 heteroatoms. The molecule has 17 heavy (non-hydrogen) atoms. The summed E-state index contributed by atoms with van der Waals surface area (Å²) >= 11 is 0.200. The molecule has 0 bridgehead atoms. The Kier molecular flexibility index (Phi) is 2.91. The maximum absolute atomic E-state index is 11.0. The summed E-state index contributed by atoms with van der Waals surface area (Å²) < 4.78 is 12.4. The number of hydrogen-bond donors (Lipinski definition) is 0. The first-order chi connectivity index (χ1) is 8.13. The summed E-state index contributed by atoms with van der Waals surface area (Å²) in [4.78, 5) is 10.3. The van der Waals surface area contributed by atoms with Crippen molar-refractivity contribution in [3.8, 4) is 0 Å². The van der Waals surface area contributed by atoms with Gasteiger partial charge in [-0.3, -0.25) is 10.1 Å². The van der Waals surface area contributed by atoms with Gasteiger partial charge in [-0.25, -0.2) is 8.89 Å². The Morgan fingerprint density at radius 3 is 2.88 bits per heavy atom. The van der Waals surface area contributed by atoms with Crippen LogP contribution in [0.5, 0.6) is 0 Å². The minimum Gasteiger partial charge on any atom is -0.258 e. The van der Waals surface area contributed by atoms with E-state index in [-0.39, 0.29) is 21.8 Å². The van der Waals surface area contributed by atoms with Crippen LogP contribution < -0.4 is 0 Å². The lowest BCUT2D eigenvalue weighted by Crippen LogP contribution is -2.22. The molecule has 1 aliphatic carbocycles. The minimum absolute atomic E-state index is 0.120. The monoisotopic (exact) mass is 253 g/mol. The summed E-state index contributed by atoms with van der Waals surface area (Å²) in [6.45, 7) is 1.69. The van der Waals surface area contributed by atoms with Crippen molar-refractivity contribution < 1.29 is 9.13 Å². The largest absolute Gasteiger partial charge is 0.270 e. The molecule has 0 N–H and O–H groups in total. The summed E-state index contributed by atoms with van der Waals surface area (Å²) in [6.07, 6.45) is 4.11. The third kappa shape index (κ3) is 2.04. The third-order valence-electron chi connectivity index (χ3n) is 2.26. The molecule has 1 aromatic heterocycles. The highest BCUT2D eigenvalue weighted by Crippen LogP contribution is 2.18. The predicted molar refractivity (Wildman–Crippen MR) is 59.0 cm³/mol. The number of aryl methyl sites for hydroxylation is 1. The zero-order valence-electron chi connectivity index (χ0n) is 8.68. The summed E-state index contributed by atoms with van der Waals surface area (Å²) in [5.74, 6) is 0.532. The van der Waals surface area contributed by atoms with Crippen molar-refractivity contribution in [2.75, 3.05) is 0 Å². The van der Waals surface area contributed by atoms with Gasteiger partial charge in [0, 0.05) is 12.2 Å². The first-order valence-electron chi connectivity index (χ1n) is 4.59. The predicted octanol–water partition coefficient (Wildman–Crippen LogP) is -0.362. The van der Waals surface area contributed by atoms with Crippen molar-refractivity contribution in [2.45, 2.75) is 13.0 Å². The Morgan fingerprint density at radius 1 is 1.59 bits per heavy atom. The van der Waals surface area contributed by atoms with E-state index in [0.717, 1.165) is 0 Å². The van der Waals surface area contributed by atoms with Crippen LogP contribution in [0.2, 0.25) is 0 Å². The quantitative estimate of drug-likeness (QED) is 0.405. The van der Waals surface area contributed by atoms with Crippen LogP contribution in [0, 0.1) is 17.0 Å². The van der Waals surface area contributed by atoms with Crippen LogP contribution >= 0.6 is 0 Å². The number of nitro groups is 1. The standard InChI is InChI=1S/C8H7N5O3S/c1-5-9-10-11-12(5)7-3-2-6(13(14)15)4-8(7)17-16/h2-4,7H,1H3. The van der Waals surface area contributed by atoms with Gasteiger partial charge in [0.05, 0.1) is 21.0 Å². The van der Waals surface area contributed by atoms with E-state index in [1.165, 1.54) is 22.9 Å². The molecule has 8 nitrogen and oxygen atoms in total. The lowest BCUT2D eigenvalue weighted by Gasteiger charge is -2.14. The van der Waals surface area contributed by atoms with Gasteiger partial charge in [0.25, 0.3) is 5.70 Å². The maximum atomic E-state index is 11.0. The topological polar surface area (TPSA) is 104 Å². The van der Waals surface area contributed by atoms with Gasteiger partial charge in [-0.15, -0.1) is 5.10 Å². The zero-order valence-corrected chi connectivity index (χ0v) is 9.49. The number of allylic oxidation sites excluding steroid dienone is 3. The Bertz CT molecular complexity index is 584. The molecule has 0 radical (unpaired) electrons. The summed E-state index contributed by atoms with van der Waals surface area (Å²) in [5, 5.41) is 21.5. The normalized spacial score (nSPS) is 19.0. The lowest BCUT2D eigenvalue weighted by molar-refractivity contribution is -0.418. The second-order valence-electron chi connectivity index (χ2n) is 3.29. The molecule has 0 spiro atoms. The average Bonchev–Trinajstić information content (AvgIpc) is 2.74. The molecule has 2 rings (SSSR count). The molecule has 0 amide bonds. The molecular formula is C8H7N5O3S. The van der Waals surface area contributed by atoms with Crippen LogP contribution in [0.1, 0.15) is 11.9 Å². The smallest absolute Gasteiger partial charge is 0.258 e. The Hall–Kier alpha value is -2.16. The lowest BCUT2D eigenvalue weighted by atomic mass is 10.1. The molecular weight excluding hydrogens is 246 g/mol. The highest BCUT2D eigenvalue weighted by molar-refractivity contribution is 7.67. The average molecular weight is 253 g/mol. The zero-order chi connectivity index (χ0) is 12.4.